The molecule has 30 heavy (non-hydrogen) atoms. The minimum Gasteiger partial charge on any atom is -0.490 e. The summed E-state index contributed by atoms with van der Waals surface area (Å²) >= 11 is 6.55. The molecule has 4 rings (SSSR count). The summed E-state index contributed by atoms with van der Waals surface area (Å²) in [7, 11) is -1.63. The van der Waals surface area contributed by atoms with Gasteiger partial charge in [0.05, 0.1) is 23.3 Å². The number of fused-ring (bicyclic) bond motifs is 1. The quantitative estimate of drug-likeness (QED) is 0.465. The molecule has 2 aromatic carbocycles. The first-order valence-electron chi connectivity index (χ1n) is 10.1. The summed E-state index contributed by atoms with van der Waals surface area (Å²) in [5.74, 6) is 0.243. The average molecular weight is 428 g/mol. The van der Waals surface area contributed by atoms with E-state index in [9.17, 15) is 14.8 Å². The van der Waals surface area contributed by atoms with E-state index in [1.54, 1.807) is 29.7 Å². The van der Waals surface area contributed by atoms with Crippen molar-refractivity contribution in [2.45, 2.75) is 38.7 Å². The van der Waals surface area contributed by atoms with E-state index in [4.69, 9.17) is 21.1 Å². The Morgan fingerprint density at radius 3 is 2.50 bits per heavy atom. The van der Waals surface area contributed by atoms with Crippen LogP contribution in [0.5, 0.6) is 5.75 Å². The number of rotatable bonds is 6. The third-order valence-electron chi connectivity index (χ3n) is 5.40. The molecule has 0 atom stereocenters. The molecule has 156 valence electrons. The highest BCUT2D eigenvalue weighted by atomic mass is 35.5. The smallest absolute Gasteiger partial charge is 0.488 e. The maximum Gasteiger partial charge on any atom is 0.488 e. The molecular weight excluding hydrogens is 405 g/mol. The van der Waals surface area contributed by atoms with E-state index in [2.05, 4.69) is 0 Å². The molecule has 1 saturated carbocycles. The summed E-state index contributed by atoms with van der Waals surface area (Å²) in [5.41, 5.74) is 1.88. The zero-order chi connectivity index (χ0) is 21.3. The van der Waals surface area contributed by atoms with E-state index in [-0.39, 0.29) is 28.9 Å². The summed E-state index contributed by atoms with van der Waals surface area (Å²) in [6.07, 6.45) is 4.81. The van der Waals surface area contributed by atoms with Gasteiger partial charge < -0.3 is 24.1 Å². The van der Waals surface area contributed by atoms with Gasteiger partial charge in [-0.2, -0.15) is 0 Å². The standard InChI is InChI=1S/C22H23BClNO5/c1-2-29-22(26)21-20(24)18-13-14(23(27)28)7-12-19(18)25(21)15-8-10-17(11-9-15)30-16-5-3-4-6-16/h7-13,16,27-28H,2-6H2,1H3. The molecule has 6 nitrogen and oxygen atoms in total. The van der Waals surface area contributed by atoms with E-state index >= 15 is 0 Å². The van der Waals surface area contributed by atoms with Crippen LogP contribution in [0.4, 0.5) is 0 Å². The van der Waals surface area contributed by atoms with Crippen LogP contribution in [-0.2, 0) is 4.74 Å². The van der Waals surface area contributed by atoms with E-state index in [0.717, 1.165) is 24.3 Å². The van der Waals surface area contributed by atoms with Crippen LogP contribution >= 0.6 is 11.6 Å². The maximum absolute atomic E-state index is 12.7. The first-order valence-corrected chi connectivity index (χ1v) is 10.5. The Morgan fingerprint density at radius 1 is 1.17 bits per heavy atom. The molecule has 1 fully saturated rings. The Hall–Kier alpha value is -2.48. The number of ether oxygens (including phenoxy) is 2. The summed E-state index contributed by atoms with van der Waals surface area (Å²) in [6, 6.07) is 12.4. The van der Waals surface area contributed by atoms with Crippen LogP contribution in [-0.4, -0.2) is 40.4 Å². The number of carbonyl (C=O) groups is 1. The highest BCUT2D eigenvalue weighted by molar-refractivity contribution is 6.59. The van der Waals surface area contributed by atoms with Gasteiger partial charge >= 0.3 is 13.1 Å². The molecule has 2 N–H and O–H groups in total. The molecule has 0 unspecified atom stereocenters. The molecule has 0 saturated heterocycles. The van der Waals surface area contributed by atoms with Crippen LogP contribution in [0.3, 0.4) is 0 Å². The lowest BCUT2D eigenvalue weighted by atomic mass is 9.80. The van der Waals surface area contributed by atoms with Crippen molar-refractivity contribution in [1.82, 2.24) is 4.57 Å². The van der Waals surface area contributed by atoms with Gasteiger partial charge in [-0.05, 0) is 68.4 Å². The van der Waals surface area contributed by atoms with Crippen molar-refractivity contribution in [2.24, 2.45) is 0 Å². The third-order valence-corrected chi connectivity index (χ3v) is 5.78. The molecule has 3 aromatic rings. The Kier molecular flexibility index (Phi) is 6.04. The summed E-state index contributed by atoms with van der Waals surface area (Å²) in [4.78, 5) is 12.7. The first-order chi connectivity index (χ1) is 14.5. The van der Waals surface area contributed by atoms with Crippen molar-refractivity contribution in [3.05, 3.63) is 53.2 Å². The van der Waals surface area contributed by atoms with Gasteiger partial charge in [-0.1, -0.05) is 23.7 Å². The zero-order valence-corrected chi connectivity index (χ0v) is 17.4. The second kappa shape index (κ2) is 8.72. The van der Waals surface area contributed by atoms with Gasteiger partial charge in [-0.15, -0.1) is 0 Å². The van der Waals surface area contributed by atoms with Gasteiger partial charge in [0, 0.05) is 11.1 Å². The summed E-state index contributed by atoms with van der Waals surface area (Å²) in [5, 5.41) is 19.8. The lowest BCUT2D eigenvalue weighted by Crippen LogP contribution is -2.29. The molecule has 1 heterocycles. The highest BCUT2D eigenvalue weighted by Gasteiger charge is 2.25. The molecule has 1 aromatic heterocycles. The van der Waals surface area contributed by atoms with Gasteiger partial charge in [-0.3, -0.25) is 0 Å². The summed E-state index contributed by atoms with van der Waals surface area (Å²) in [6.45, 7) is 1.94. The van der Waals surface area contributed by atoms with Gasteiger partial charge in [0.1, 0.15) is 5.75 Å². The van der Waals surface area contributed by atoms with Crippen molar-refractivity contribution >= 4 is 41.1 Å². The largest absolute Gasteiger partial charge is 0.490 e. The number of nitrogens with zero attached hydrogens (tertiary/aromatic N) is 1. The van der Waals surface area contributed by atoms with Gasteiger partial charge in [0.2, 0.25) is 0 Å². The Labute approximate surface area is 180 Å². The van der Waals surface area contributed by atoms with E-state index < -0.39 is 13.1 Å². The van der Waals surface area contributed by atoms with Crippen LogP contribution in [0.2, 0.25) is 5.02 Å². The Morgan fingerprint density at radius 2 is 1.87 bits per heavy atom. The third kappa shape index (κ3) is 3.93. The number of aromatic nitrogens is 1. The molecule has 0 amide bonds. The minimum atomic E-state index is -1.63. The van der Waals surface area contributed by atoms with Crippen LogP contribution in [0, 0.1) is 0 Å². The molecule has 0 spiro atoms. The first kappa shape index (κ1) is 20.8. The predicted molar refractivity (Wildman–Crippen MR) is 117 cm³/mol. The highest BCUT2D eigenvalue weighted by Crippen LogP contribution is 2.34. The fourth-order valence-corrected chi connectivity index (χ4v) is 4.27. The number of esters is 1. The fourth-order valence-electron chi connectivity index (χ4n) is 3.95. The lowest BCUT2D eigenvalue weighted by Gasteiger charge is -2.15. The molecule has 1 aliphatic rings. The number of carbonyl (C=O) groups excluding carboxylic acids is 1. The van der Waals surface area contributed by atoms with Crippen molar-refractivity contribution in [3.8, 4) is 11.4 Å². The molecule has 8 heteroatoms. The molecular formula is C22H23BClNO5. The second-order valence-corrected chi connectivity index (χ2v) is 7.76. The molecule has 1 aliphatic carbocycles. The topological polar surface area (TPSA) is 80.9 Å². The van der Waals surface area contributed by atoms with E-state index in [1.165, 1.54) is 12.8 Å². The summed E-state index contributed by atoms with van der Waals surface area (Å²) < 4.78 is 13.0. The molecule has 0 radical (unpaired) electrons. The second-order valence-electron chi connectivity index (χ2n) is 7.39. The number of hydrogen-bond acceptors (Lipinski definition) is 5. The number of benzene rings is 2. The maximum atomic E-state index is 12.7. The molecule has 0 bridgehead atoms. The Bertz CT molecular complexity index is 1060. The van der Waals surface area contributed by atoms with Crippen LogP contribution in [0.25, 0.3) is 16.6 Å². The van der Waals surface area contributed by atoms with Crippen LogP contribution in [0.1, 0.15) is 43.1 Å². The van der Waals surface area contributed by atoms with Crippen molar-refractivity contribution in [2.75, 3.05) is 6.61 Å². The number of hydrogen-bond donors (Lipinski definition) is 2. The number of halogens is 1. The van der Waals surface area contributed by atoms with Gasteiger partial charge in [0.25, 0.3) is 0 Å². The Balaban J connectivity index is 1.79. The van der Waals surface area contributed by atoms with Gasteiger partial charge in [0.15, 0.2) is 5.69 Å². The van der Waals surface area contributed by atoms with Gasteiger partial charge in [-0.25, -0.2) is 4.79 Å². The van der Waals surface area contributed by atoms with E-state index in [1.807, 2.05) is 24.3 Å². The lowest BCUT2D eigenvalue weighted by molar-refractivity contribution is 0.0517. The van der Waals surface area contributed by atoms with E-state index in [0.29, 0.717) is 10.9 Å². The monoisotopic (exact) mass is 427 g/mol. The normalized spacial score (nSPS) is 14.3. The predicted octanol–water partition coefficient (Wildman–Crippen LogP) is 3.46. The molecule has 0 aliphatic heterocycles. The average Bonchev–Trinajstić information content (AvgIpc) is 3.34. The fraction of sp³-hybridized carbons (Fsp3) is 0.318. The minimum absolute atomic E-state index is 0.197. The van der Waals surface area contributed by atoms with Crippen molar-refractivity contribution < 1.29 is 24.3 Å². The van der Waals surface area contributed by atoms with Crippen molar-refractivity contribution in [1.29, 1.82) is 0 Å². The van der Waals surface area contributed by atoms with Crippen molar-refractivity contribution in [3.63, 3.8) is 0 Å². The van der Waals surface area contributed by atoms with Crippen LogP contribution in [0.15, 0.2) is 42.5 Å². The zero-order valence-electron chi connectivity index (χ0n) is 16.7. The SMILES string of the molecule is CCOC(=O)c1c(Cl)c2cc(B(O)O)ccc2n1-c1ccc(OC2CCCC2)cc1. The van der Waals surface area contributed by atoms with Crippen LogP contribution < -0.4 is 10.2 Å².